The third kappa shape index (κ3) is 6.72. The first-order valence-corrected chi connectivity index (χ1v) is 13.8. The maximum absolute atomic E-state index is 13.2. The first kappa shape index (κ1) is 28.2. The zero-order chi connectivity index (χ0) is 28.8. The van der Waals surface area contributed by atoms with Gasteiger partial charge in [0.15, 0.2) is 11.5 Å². The molecule has 2 aliphatic rings. The van der Waals surface area contributed by atoms with Gasteiger partial charge in [0.2, 0.25) is 0 Å². The Morgan fingerprint density at radius 2 is 1.61 bits per heavy atom. The first-order chi connectivity index (χ1) is 20.0. The van der Waals surface area contributed by atoms with Gasteiger partial charge in [0.1, 0.15) is 23.4 Å². The van der Waals surface area contributed by atoms with Crippen LogP contribution in [0.2, 0.25) is 0 Å². The molecular formula is C32H34FN3O5. The minimum atomic E-state index is -0.391. The van der Waals surface area contributed by atoms with Crippen molar-refractivity contribution in [1.29, 1.82) is 5.26 Å². The van der Waals surface area contributed by atoms with E-state index in [9.17, 15) is 14.4 Å². The lowest BCUT2D eigenvalue weighted by Crippen LogP contribution is -2.56. The van der Waals surface area contributed by atoms with Gasteiger partial charge in [0, 0.05) is 31.2 Å². The number of benzene rings is 3. The van der Waals surface area contributed by atoms with Crippen LogP contribution in [0.1, 0.15) is 42.9 Å². The lowest BCUT2D eigenvalue weighted by Gasteiger charge is -2.40. The number of carbonyl (C=O) groups excluding carboxylic acids is 1. The third-order valence-electron chi connectivity index (χ3n) is 7.84. The Balaban J connectivity index is 1.21. The van der Waals surface area contributed by atoms with Crippen molar-refractivity contribution >= 4 is 6.09 Å². The molecule has 0 N–H and O–H groups in total. The van der Waals surface area contributed by atoms with Crippen molar-refractivity contribution in [2.45, 2.75) is 43.9 Å². The Bertz CT molecular complexity index is 1360. The summed E-state index contributed by atoms with van der Waals surface area (Å²) in [6.45, 7) is 2.10. The van der Waals surface area contributed by atoms with Crippen LogP contribution in [0.15, 0.2) is 66.7 Å². The van der Waals surface area contributed by atoms with Crippen LogP contribution in [0.3, 0.4) is 0 Å². The van der Waals surface area contributed by atoms with E-state index in [2.05, 4.69) is 11.0 Å². The number of nitriles is 1. The van der Waals surface area contributed by atoms with Gasteiger partial charge in [-0.25, -0.2) is 9.18 Å². The SMILES string of the molecule is COc1ccc(OC(CCCN2C3CCC2CN(C(=O)Oc2ccc(F)cc2)C3)c2ccc(C#N)cc2)cc1OC. The van der Waals surface area contributed by atoms with Crippen molar-refractivity contribution < 1.29 is 28.1 Å². The largest absolute Gasteiger partial charge is 0.493 e. The molecule has 2 bridgehead atoms. The molecule has 8 nitrogen and oxygen atoms in total. The van der Waals surface area contributed by atoms with Crippen LogP contribution in [0, 0.1) is 17.1 Å². The molecule has 3 unspecified atom stereocenters. The second-order valence-corrected chi connectivity index (χ2v) is 10.3. The molecule has 1 amide bonds. The van der Waals surface area contributed by atoms with Crippen molar-refractivity contribution in [2.75, 3.05) is 33.9 Å². The van der Waals surface area contributed by atoms with E-state index in [0.29, 0.717) is 41.7 Å². The van der Waals surface area contributed by atoms with Crippen LogP contribution >= 0.6 is 0 Å². The number of amides is 1. The van der Waals surface area contributed by atoms with Gasteiger partial charge in [0.05, 0.1) is 25.9 Å². The quantitative estimate of drug-likeness (QED) is 0.303. The molecule has 2 heterocycles. The minimum absolute atomic E-state index is 0.217. The number of hydrogen-bond donors (Lipinski definition) is 0. The fourth-order valence-electron chi connectivity index (χ4n) is 5.75. The molecule has 0 radical (unpaired) electrons. The predicted molar refractivity (Wildman–Crippen MR) is 151 cm³/mol. The van der Waals surface area contributed by atoms with Gasteiger partial charge in [-0.05, 0) is 86.3 Å². The number of rotatable bonds is 10. The van der Waals surface area contributed by atoms with E-state index in [1.54, 1.807) is 19.1 Å². The lowest BCUT2D eigenvalue weighted by atomic mass is 10.0. The second kappa shape index (κ2) is 12.9. The van der Waals surface area contributed by atoms with Gasteiger partial charge >= 0.3 is 6.09 Å². The molecule has 2 aliphatic heterocycles. The van der Waals surface area contributed by atoms with E-state index in [0.717, 1.165) is 37.8 Å². The molecule has 3 aromatic rings. The van der Waals surface area contributed by atoms with Crippen LogP contribution in [-0.2, 0) is 0 Å². The summed E-state index contributed by atoms with van der Waals surface area (Å²) in [5.74, 6) is 1.87. The van der Waals surface area contributed by atoms with Crippen LogP contribution < -0.4 is 18.9 Å². The van der Waals surface area contributed by atoms with Gasteiger partial charge in [-0.1, -0.05) is 12.1 Å². The number of carbonyl (C=O) groups is 1. The summed E-state index contributed by atoms with van der Waals surface area (Å²) in [5, 5.41) is 9.23. The minimum Gasteiger partial charge on any atom is -0.493 e. The van der Waals surface area contributed by atoms with Crippen molar-refractivity contribution in [2.24, 2.45) is 0 Å². The zero-order valence-electron chi connectivity index (χ0n) is 23.3. The number of nitrogens with zero attached hydrogens (tertiary/aromatic N) is 3. The number of ether oxygens (including phenoxy) is 4. The highest BCUT2D eigenvalue weighted by Crippen LogP contribution is 2.35. The smallest absolute Gasteiger partial charge is 0.415 e. The molecule has 9 heteroatoms. The molecule has 214 valence electrons. The average Bonchev–Trinajstić information content (AvgIpc) is 3.23. The van der Waals surface area contributed by atoms with Gasteiger partial charge in [-0.15, -0.1) is 0 Å². The second-order valence-electron chi connectivity index (χ2n) is 10.3. The maximum Gasteiger partial charge on any atom is 0.415 e. The van der Waals surface area contributed by atoms with E-state index in [4.69, 9.17) is 18.9 Å². The van der Waals surface area contributed by atoms with Crippen LogP contribution in [0.25, 0.3) is 0 Å². The topological polar surface area (TPSA) is 84.3 Å². The number of likely N-dealkylation sites (tertiary alicyclic amines) is 1. The maximum atomic E-state index is 13.2. The van der Waals surface area contributed by atoms with Gasteiger partial charge in [0.25, 0.3) is 0 Å². The Morgan fingerprint density at radius 1 is 0.951 bits per heavy atom. The van der Waals surface area contributed by atoms with E-state index in [1.165, 1.54) is 24.3 Å². The Labute approximate surface area is 239 Å². The fourth-order valence-corrected chi connectivity index (χ4v) is 5.75. The van der Waals surface area contributed by atoms with Crippen LogP contribution in [-0.4, -0.2) is 61.8 Å². The van der Waals surface area contributed by atoms with Gasteiger partial charge in [-0.2, -0.15) is 5.26 Å². The van der Waals surface area contributed by atoms with Crippen LogP contribution in [0.5, 0.6) is 23.0 Å². The number of piperazine rings is 1. The summed E-state index contributed by atoms with van der Waals surface area (Å²) in [4.78, 5) is 17.1. The Hall–Kier alpha value is -4.29. The fraction of sp³-hybridized carbons (Fsp3) is 0.375. The molecular weight excluding hydrogens is 525 g/mol. The zero-order valence-corrected chi connectivity index (χ0v) is 23.3. The normalized spacial score (nSPS) is 18.8. The summed E-state index contributed by atoms with van der Waals surface area (Å²) < 4.78 is 35.9. The summed E-state index contributed by atoms with van der Waals surface area (Å²) in [6, 6.07) is 21.2. The molecule has 3 atom stereocenters. The summed E-state index contributed by atoms with van der Waals surface area (Å²) in [6.07, 6.45) is 3.12. The molecule has 2 saturated heterocycles. The standard InChI is InChI=1S/C32H34FN3O5/c1-38-30-16-15-28(18-31(30)39-2)40-29(23-7-5-22(19-34)6-8-23)4-3-17-36-25-11-12-26(36)21-35(20-25)32(37)41-27-13-9-24(33)10-14-27/h5-10,13-16,18,25-26,29H,3-4,11-12,17,20-21H2,1-2H3. The summed E-state index contributed by atoms with van der Waals surface area (Å²) in [5.41, 5.74) is 1.60. The molecule has 0 aliphatic carbocycles. The number of methoxy groups -OCH3 is 2. The number of fused-ring (bicyclic) bond motifs is 2. The molecule has 3 aromatic carbocycles. The number of halogens is 1. The molecule has 0 aromatic heterocycles. The highest BCUT2D eigenvalue weighted by Gasteiger charge is 2.41. The summed E-state index contributed by atoms with van der Waals surface area (Å²) in [7, 11) is 3.19. The van der Waals surface area contributed by atoms with Crippen molar-refractivity contribution in [1.82, 2.24) is 9.80 Å². The van der Waals surface area contributed by atoms with Gasteiger partial charge in [-0.3, -0.25) is 4.90 Å². The molecule has 2 fully saturated rings. The van der Waals surface area contributed by atoms with Crippen molar-refractivity contribution in [3.8, 4) is 29.1 Å². The Morgan fingerprint density at radius 3 is 2.24 bits per heavy atom. The molecule has 41 heavy (non-hydrogen) atoms. The summed E-state index contributed by atoms with van der Waals surface area (Å²) >= 11 is 0. The average molecular weight is 560 g/mol. The van der Waals surface area contributed by atoms with E-state index in [1.807, 2.05) is 42.5 Å². The van der Waals surface area contributed by atoms with Crippen molar-refractivity contribution in [3.05, 3.63) is 83.7 Å². The van der Waals surface area contributed by atoms with E-state index >= 15 is 0 Å². The van der Waals surface area contributed by atoms with E-state index < -0.39 is 6.09 Å². The van der Waals surface area contributed by atoms with E-state index in [-0.39, 0.29) is 24.0 Å². The van der Waals surface area contributed by atoms with Gasteiger partial charge < -0.3 is 23.8 Å². The monoisotopic (exact) mass is 559 g/mol. The lowest BCUT2D eigenvalue weighted by molar-refractivity contribution is 0.0625. The molecule has 5 rings (SSSR count). The van der Waals surface area contributed by atoms with Crippen LogP contribution in [0.4, 0.5) is 9.18 Å². The first-order valence-electron chi connectivity index (χ1n) is 13.8. The highest BCUT2D eigenvalue weighted by molar-refractivity contribution is 5.71. The Kier molecular flexibility index (Phi) is 8.90. The third-order valence-corrected chi connectivity index (χ3v) is 7.84. The molecule has 0 saturated carbocycles. The molecule has 0 spiro atoms. The predicted octanol–water partition coefficient (Wildman–Crippen LogP) is 5.96. The number of hydrogen-bond acceptors (Lipinski definition) is 7. The highest BCUT2D eigenvalue weighted by atomic mass is 19.1. The van der Waals surface area contributed by atoms with Crippen molar-refractivity contribution in [3.63, 3.8) is 0 Å².